The van der Waals surface area contributed by atoms with Gasteiger partial charge in [-0.05, 0) is 60.1 Å². The first-order valence-corrected chi connectivity index (χ1v) is 11.6. The van der Waals surface area contributed by atoms with Gasteiger partial charge >= 0.3 is 0 Å². The van der Waals surface area contributed by atoms with E-state index in [4.69, 9.17) is 14.8 Å². The number of nitrogens with zero attached hydrogens (tertiary/aromatic N) is 3. The van der Waals surface area contributed by atoms with Crippen LogP contribution >= 0.6 is 38.6 Å². The standard InChI is InChI=1S/C20H17BrN4O2S2/c1-3-27-11-4-5-13-15(8-11)29-20(22-13)25-19-18(10(2)24-25)12(9-17(26)23-19)14-6-7-16(21)28-14/h4-8,12H,3,9H2,1-2H3,(H,23,26)/t12-/m1/s1. The highest BCUT2D eigenvalue weighted by atomic mass is 79.9. The van der Waals surface area contributed by atoms with Crippen molar-refractivity contribution in [2.24, 2.45) is 0 Å². The molecule has 4 aromatic rings. The van der Waals surface area contributed by atoms with Gasteiger partial charge in [-0.15, -0.1) is 11.3 Å². The molecule has 0 saturated carbocycles. The highest BCUT2D eigenvalue weighted by Crippen LogP contribution is 2.43. The van der Waals surface area contributed by atoms with Crippen LogP contribution in [0, 0.1) is 6.92 Å². The zero-order valence-electron chi connectivity index (χ0n) is 15.7. The van der Waals surface area contributed by atoms with Crippen molar-refractivity contribution in [3.05, 3.63) is 50.3 Å². The lowest BCUT2D eigenvalue weighted by Crippen LogP contribution is -2.24. The van der Waals surface area contributed by atoms with Gasteiger partial charge in [-0.1, -0.05) is 11.3 Å². The van der Waals surface area contributed by atoms with Crippen LogP contribution in [0.25, 0.3) is 15.3 Å². The van der Waals surface area contributed by atoms with Crippen LogP contribution in [0.15, 0.2) is 34.1 Å². The zero-order valence-corrected chi connectivity index (χ0v) is 18.9. The largest absolute Gasteiger partial charge is 0.494 e. The molecule has 0 unspecified atom stereocenters. The summed E-state index contributed by atoms with van der Waals surface area (Å²) in [5.41, 5.74) is 2.85. The molecule has 0 fully saturated rings. The Hall–Kier alpha value is -2.23. The maximum Gasteiger partial charge on any atom is 0.226 e. The maximum atomic E-state index is 12.5. The van der Waals surface area contributed by atoms with Crippen molar-refractivity contribution in [3.63, 3.8) is 0 Å². The van der Waals surface area contributed by atoms with Crippen molar-refractivity contribution in [2.75, 3.05) is 11.9 Å². The van der Waals surface area contributed by atoms with Crippen LogP contribution in [0.1, 0.15) is 35.4 Å². The van der Waals surface area contributed by atoms with Crippen molar-refractivity contribution in [3.8, 4) is 10.9 Å². The fourth-order valence-corrected chi connectivity index (χ4v) is 6.17. The predicted molar refractivity (Wildman–Crippen MR) is 120 cm³/mol. The number of anilines is 1. The second-order valence-corrected chi connectivity index (χ2v) is 10.3. The smallest absolute Gasteiger partial charge is 0.226 e. The molecule has 1 aliphatic heterocycles. The summed E-state index contributed by atoms with van der Waals surface area (Å²) in [6.07, 6.45) is 0.421. The van der Waals surface area contributed by atoms with Gasteiger partial charge in [-0.3, -0.25) is 4.79 Å². The first-order valence-electron chi connectivity index (χ1n) is 9.22. The van der Waals surface area contributed by atoms with Gasteiger partial charge < -0.3 is 10.1 Å². The number of thiophene rings is 1. The summed E-state index contributed by atoms with van der Waals surface area (Å²) in [7, 11) is 0. The van der Waals surface area contributed by atoms with E-state index < -0.39 is 0 Å². The molecule has 1 aliphatic rings. The lowest BCUT2D eigenvalue weighted by molar-refractivity contribution is -0.116. The van der Waals surface area contributed by atoms with Gasteiger partial charge in [-0.25, -0.2) is 4.98 Å². The number of nitrogens with one attached hydrogen (secondary N) is 1. The predicted octanol–water partition coefficient (Wildman–Crippen LogP) is 5.49. The SMILES string of the molecule is CCOc1ccc2nc(-n3nc(C)c4c3NC(=O)C[C@@H]4c3ccc(Br)s3)sc2c1. The minimum absolute atomic E-state index is 0.00253. The number of hydrogen-bond donors (Lipinski definition) is 1. The lowest BCUT2D eigenvalue weighted by Gasteiger charge is -2.22. The van der Waals surface area contributed by atoms with E-state index in [0.717, 1.165) is 46.8 Å². The topological polar surface area (TPSA) is 69.0 Å². The number of thiazole rings is 1. The molecule has 0 spiro atoms. The summed E-state index contributed by atoms with van der Waals surface area (Å²) < 4.78 is 9.44. The van der Waals surface area contributed by atoms with Crippen molar-refractivity contribution >= 4 is 60.5 Å². The van der Waals surface area contributed by atoms with Crippen LogP contribution < -0.4 is 10.1 Å². The summed E-state index contributed by atoms with van der Waals surface area (Å²) in [6.45, 7) is 4.57. The number of rotatable bonds is 4. The minimum Gasteiger partial charge on any atom is -0.494 e. The molecule has 0 bridgehead atoms. The van der Waals surface area contributed by atoms with Gasteiger partial charge in [-0.2, -0.15) is 9.78 Å². The normalized spacial score (nSPS) is 16.1. The number of ether oxygens (including phenoxy) is 1. The number of carbonyl (C=O) groups excluding carboxylic acids is 1. The maximum absolute atomic E-state index is 12.5. The summed E-state index contributed by atoms with van der Waals surface area (Å²) in [5, 5.41) is 8.50. The van der Waals surface area contributed by atoms with Gasteiger partial charge in [0.05, 0.1) is 26.3 Å². The van der Waals surface area contributed by atoms with Crippen LogP contribution in [-0.4, -0.2) is 27.3 Å². The Kier molecular flexibility index (Phi) is 4.68. The number of aromatic nitrogens is 3. The molecule has 0 saturated heterocycles. The Morgan fingerprint density at radius 1 is 1.31 bits per heavy atom. The minimum atomic E-state index is -0.00656. The monoisotopic (exact) mass is 488 g/mol. The Labute approximate surface area is 183 Å². The quantitative estimate of drug-likeness (QED) is 0.412. The molecule has 0 radical (unpaired) electrons. The van der Waals surface area contributed by atoms with Crippen LogP contribution in [0.2, 0.25) is 0 Å². The van der Waals surface area contributed by atoms with Gasteiger partial charge in [0, 0.05) is 22.8 Å². The molecule has 3 aromatic heterocycles. The number of carbonyl (C=O) groups is 1. The Morgan fingerprint density at radius 2 is 2.17 bits per heavy atom. The first kappa shape index (κ1) is 18.8. The van der Waals surface area contributed by atoms with E-state index in [-0.39, 0.29) is 11.8 Å². The van der Waals surface area contributed by atoms with E-state index in [9.17, 15) is 4.79 Å². The van der Waals surface area contributed by atoms with E-state index in [1.165, 1.54) is 11.3 Å². The third-order valence-corrected chi connectivity index (χ3v) is 7.61. The van der Waals surface area contributed by atoms with Crippen molar-refractivity contribution in [1.82, 2.24) is 14.8 Å². The summed E-state index contributed by atoms with van der Waals surface area (Å²) >= 11 is 6.72. The molecule has 4 heterocycles. The van der Waals surface area contributed by atoms with Crippen LogP contribution in [0.5, 0.6) is 5.75 Å². The Balaban J connectivity index is 1.62. The van der Waals surface area contributed by atoms with Crippen molar-refractivity contribution < 1.29 is 9.53 Å². The van der Waals surface area contributed by atoms with E-state index in [2.05, 4.69) is 27.3 Å². The number of aryl methyl sites for hydroxylation is 1. The first-order chi connectivity index (χ1) is 14.0. The molecule has 148 valence electrons. The number of fused-ring (bicyclic) bond motifs is 2. The van der Waals surface area contributed by atoms with E-state index in [0.29, 0.717) is 13.0 Å². The van der Waals surface area contributed by atoms with Gasteiger partial charge in [0.1, 0.15) is 11.6 Å². The van der Waals surface area contributed by atoms with Crippen LogP contribution in [0.3, 0.4) is 0 Å². The molecule has 0 aliphatic carbocycles. The third kappa shape index (κ3) is 3.27. The van der Waals surface area contributed by atoms with Crippen molar-refractivity contribution in [2.45, 2.75) is 26.2 Å². The fraction of sp³-hybridized carbons (Fsp3) is 0.250. The van der Waals surface area contributed by atoms with E-state index in [1.54, 1.807) is 16.0 Å². The molecule has 1 atom stereocenters. The van der Waals surface area contributed by atoms with Crippen LogP contribution in [-0.2, 0) is 4.79 Å². The molecule has 6 nitrogen and oxygen atoms in total. The Bertz CT molecular complexity index is 1240. The molecule has 29 heavy (non-hydrogen) atoms. The highest BCUT2D eigenvalue weighted by molar-refractivity contribution is 9.11. The molecule has 5 rings (SSSR count). The van der Waals surface area contributed by atoms with Gasteiger partial charge in [0.15, 0.2) is 0 Å². The number of benzene rings is 1. The number of amides is 1. The number of hydrogen-bond acceptors (Lipinski definition) is 6. The van der Waals surface area contributed by atoms with E-state index >= 15 is 0 Å². The van der Waals surface area contributed by atoms with Gasteiger partial charge in [0.25, 0.3) is 0 Å². The highest BCUT2D eigenvalue weighted by Gasteiger charge is 2.34. The average molecular weight is 489 g/mol. The molecular weight excluding hydrogens is 472 g/mol. The van der Waals surface area contributed by atoms with Crippen LogP contribution in [0.4, 0.5) is 5.82 Å². The molecule has 1 aromatic carbocycles. The summed E-state index contributed by atoms with van der Waals surface area (Å²) in [5.74, 6) is 1.54. The molecule has 1 N–H and O–H groups in total. The molecule has 1 amide bonds. The van der Waals surface area contributed by atoms with Gasteiger partial charge in [0.2, 0.25) is 11.0 Å². The lowest BCUT2D eigenvalue weighted by atomic mass is 9.91. The molecule has 9 heteroatoms. The zero-order chi connectivity index (χ0) is 20.1. The van der Waals surface area contributed by atoms with Crippen molar-refractivity contribution in [1.29, 1.82) is 0 Å². The van der Waals surface area contributed by atoms with E-state index in [1.807, 2.05) is 38.1 Å². The second-order valence-electron chi connectivity index (χ2n) is 6.77. The second kappa shape index (κ2) is 7.23. The molecular formula is C20H17BrN4O2S2. The Morgan fingerprint density at radius 3 is 2.93 bits per heavy atom. The summed E-state index contributed by atoms with van der Waals surface area (Å²) in [6, 6.07) is 9.97. The summed E-state index contributed by atoms with van der Waals surface area (Å²) in [4.78, 5) is 18.4. The fourth-order valence-electron chi connectivity index (χ4n) is 3.68. The number of halogens is 1. The average Bonchev–Trinajstić information content (AvgIpc) is 3.38. The third-order valence-electron chi connectivity index (χ3n) is 4.88.